The Morgan fingerprint density at radius 3 is 2.21 bits per heavy atom. The molecule has 0 spiro atoms. The number of rotatable bonds is 9. The smallest absolute Gasteiger partial charge is 0.242 e. The molecule has 4 aliphatic carbocycles. The Morgan fingerprint density at radius 1 is 1.00 bits per heavy atom. The van der Waals surface area contributed by atoms with Gasteiger partial charge in [0.05, 0.1) is 12.0 Å². The Kier molecular flexibility index (Phi) is 6.61. The molecule has 2 amide bonds. The van der Waals surface area contributed by atoms with E-state index in [-0.39, 0.29) is 29.6 Å². The van der Waals surface area contributed by atoms with Gasteiger partial charge in [-0.1, -0.05) is 24.3 Å². The van der Waals surface area contributed by atoms with Gasteiger partial charge in [-0.05, 0) is 85.4 Å². The van der Waals surface area contributed by atoms with Crippen LogP contribution in [-0.2, 0) is 22.7 Å². The average Bonchev–Trinajstić information content (AvgIpc) is 3.31. The summed E-state index contributed by atoms with van der Waals surface area (Å²) in [7, 11) is 0. The summed E-state index contributed by atoms with van der Waals surface area (Å²) in [5, 5.41) is 2.00. The fourth-order valence-electron chi connectivity index (χ4n) is 6.98. The summed E-state index contributed by atoms with van der Waals surface area (Å²) in [4.78, 5) is 32.1. The molecule has 180 valence electrons. The van der Waals surface area contributed by atoms with Crippen LogP contribution in [0.5, 0.6) is 0 Å². The van der Waals surface area contributed by atoms with E-state index in [9.17, 15) is 14.0 Å². The SMILES string of the molecule is C=CCN(CC(=O)N(Cc1ccc(F)cc1)Cc1cccs1)C(=O)C12CC3CC(CC(C3)C1)C2. The molecular formula is C28H33FN2O2S. The maximum absolute atomic E-state index is 13.9. The van der Waals surface area contributed by atoms with Gasteiger partial charge in [-0.15, -0.1) is 17.9 Å². The lowest BCUT2D eigenvalue weighted by atomic mass is 9.49. The zero-order chi connectivity index (χ0) is 23.7. The summed E-state index contributed by atoms with van der Waals surface area (Å²) in [6.07, 6.45) is 8.50. The molecule has 4 aliphatic rings. The minimum Gasteiger partial charge on any atom is -0.332 e. The standard InChI is InChI=1S/C28H33FN2O2S/c1-2-9-30(27(33)28-14-21-11-22(15-28)13-23(12-21)16-28)19-26(32)31(18-25-4-3-10-34-25)17-20-5-7-24(29)8-6-20/h2-8,10,21-23H,1,9,11-19H2. The van der Waals surface area contributed by atoms with Crippen molar-refractivity contribution in [3.8, 4) is 0 Å². The van der Waals surface area contributed by atoms with Crippen molar-refractivity contribution in [2.45, 2.75) is 51.6 Å². The van der Waals surface area contributed by atoms with Crippen molar-refractivity contribution in [1.29, 1.82) is 0 Å². The normalized spacial score (nSPS) is 26.9. The summed E-state index contributed by atoms with van der Waals surface area (Å²) in [6.45, 7) is 5.16. The van der Waals surface area contributed by atoms with Crippen molar-refractivity contribution in [3.05, 3.63) is 70.7 Å². The predicted octanol–water partition coefficient (Wildman–Crippen LogP) is 5.65. The number of thiophene rings is 1. The number of hydrogen-bond donors (Lipinski definition) is 0. The Labute approximate surface area is 205 Å². The third-order valence-electron chi connectivity index (χ3n) is 8.02. The predicted molar refractivity (Wildman–Crippen MR) is 132 cm³/mol. The lowest BCUT2D eigenvalue weighted by Gasteiger charge is -2.56. The van der Waals surface area contributed by atoms with Crippen LogP contribution in [0.2, 0.25) is 0 Å². The molecule has 34 heavy (non-hydrogen) atoms. The van der Waals surface area contributed by atoms with Gasteiger partial charge in [0.1, 0.15) is 12.4 Å². The Balaban J connectivity index is 1.33. The molecule has 4 saturated carbocycles. The molecule has 1 heterocycles. The van der Waals surface area contributed by atoms with Crippen LogP contribution < -0.4 is 0 Å². The van der Waals surface area contributed by atoms with Gasteiger partial charge in [0.15, 0.2) is 0 Å². The lowest BCUT2D eigenvalue weighted by Crippen LogP contribution is -2.56. The highest BCUT2D eigenvalue weighted by Crippen LogP contribution is 2.60. The van der Waals surface area contributed by atoms with E-state index in [1.807, 2.05) is 17.5 Å². The summed E-state index contributed by atoms with van der Waals surface area (Å²) in [5.41, 5.74) is 0.585. The number of halogens is 1. The monoisotopic (exact) mass is 480 g/mol. The lowest BCUT2D eigenvalue weighted by molar-refractivity contribution is -0.159. The highest BCUT2D eigenvalue weighted by Gasteiger charge is 2.55. The Morgan fingerprint density at radius 2 is 1.65 bits per heavy atom. The highest BCUT2D eigenvalue weighted by molar-refractivity contribution is 7.09. The molecule has 0 N–H and O–H groups in total. The molecule has 4 fully saturated rings. The number of nitrogens with zero attached hydrogens (tertiary/aromatic N) is 2. The third-order valence-corrected chi connectivity index (χ3v) is 8.88. The van der Waals surface area contributed by atoms with Gasteiger partial charge in [-0.25, -0.2) is 4.39 Å². The van der Waals surface area contributed by atoms with Crippen LogP contribution in [0.4, 0.5) is 4.39 Å². The molecule has 4 bridgehead atoms. The molecule has 0 atom stereocenters. The Bertz CT molecular complexity index is 998. The van der Waals surface area contributed by atoms with E-state index in [1.165, 1.54) is 31.4 Å². The quantitative estimate of drug-likeness (QED) is 0.436. The van der Waals surface area contributed by atoms with E-state index >= 15 is 0 Å². The summed E-state index contributed by atoms with van der Waals surface area (Å²) < 4.78 is 13.4. The van der Waals surface area contributed by atoms with E-state index < -0.39 is 0 Å². The fourth-order valence-corrected chi connectivity index (χ4v) is 7.70. The first-order valence-electron chi connectivity index (χ1n) is 12.4. The topological polar surface area (TPSA) is 40.6 Å². The van der Waals surface area contributed by atoms with E-state index in [0.717, 1.165) is 29.7 Å². The van der Waals surface area contributed by atoms with Crippen LogP contribution in [0.1, 0.15) is 49.0 Å². The van der Waals surface area contributed by atoms with Crippen LogP contribution >= 0.6 is 11.3 Å². The zero-order valence-corrected chi connectivity index (χ0v) is 20.4. The number of benzene rings is 1. The van der Waals surface area contributed by atoms with Crippen LogP contribution in [0.25, 0.3) is 0 Å². The van der Waals surface area contributed by atoms with Crippen LogP contribution in [0, 0.1) is 29.0 Å². The Hall–Kier alpha value is -2.47. The first-order valence-corrected chi connectivity index (χ1v) is 13.3. The fraction of sp³-hybridized carbons (Fsp3) is 0.500. The van der Waals surface area contributed by atoms with Crippen molar-refractivity contribution in [2.75, 3.05) is 13.1 Å². The van der Waals surface area contributed by atoms with Crippen molar-refractivity contribution in [2.24, 2.45) is 23.2 Å². The van der Waals surface area contributed by atoms with Crippen molar-refractivity contribution >= 4 is 23.2 Å². The highest BCUT2D eigenvalue weighted by atomic mass is 32.1. The minimum atomic E-state index is -0.293. The van der Waals surface area contributed by atoms with E-state index in [2.05, 4.69) is 6.58 Å². The molecule has 0 aliphatic heterocycles. The molecule has 2 aromatic rings. The van der Waals surface area contributed by atoms with Crippen molar-refractivity contribution < 1.29 is 14.0 Å². The molecule has 1 aromatic heterocycles. The molecule has 6 rings (SSSR count). The van der Waals surface area contributed by atoms with Crippen molar-refractivity contribution in [1.82, 2.24) is 9.80 Å². The first kappa shape index (κ1) is 23.3. The second-order valence-corrected chi connectivity index (χ2v) is 11.7. The number of hydrogen-bond acceptors (Lipinski definition) is 3. The van der Waals surface area contributed by atoms with Crippen LogP contribution in [-0.4, -0.2) is 34.7 Å². The molecule has 0 unspecified atom stereocenters. The molecule has 6 heteroatoms. The molecule has 0 saturated heterocycles. The number of carbonyl (C=O) groups excluding carboxylic acids is 2. The van der Waals surface area contributed by atoms with Gasteiger partial charge in [0.25, 0.3) is 0 Å². The van der Waals surface area contributed by atoms with Gasteiger partial charge in [0.2, 0.25) is 11.8 Å². The maximum atomic E-state index is 13.9. The van der Waals surface area contributed by atoms with Gasteiger partial charge in [0, 0.05) is 18.0 Å². The van der Waals surface area contributed by atoms with E-state index in [0.29, 0.717) is 37.4 Å². The van der Waals surface area contributed by atoms with Crippen molar-refractivity contribution in [3.63, 3.8) is 0 Å². The summed E-state index contributed by atoms with van der Waals surface area (Å²) in [5.74, 6) is 1.79. The summed E-state index contributed by atoms with van der Waals surface area (Å²) >= 11 is 1.61. The molecular weight excluding hydrogens is 447 g/mol. The van der Waals surface area contributed by atoms with Gasteiger partial charge in [-0.2, -0.15) is 0 Å². The molecule has 0 radical (unpaired) electrons. The van der Waals surface area contributed by atoms with Crippen LogP contribution in [0.15, 0.2) is 54.4 Å². The van der Waals surface area contributed by atoms with Gasteiger partial charge in [-0.3, -0.25) is 9.59 Å². The number of amides is 2. The van der Waals surface area contributed by atoms with E-state index in [1.54, 1.807) is 39.3 Å². The minimum absolute atomic E-state index is 0.0547. The second kappa shape index (κ2) is 9.65. The van der Waals surface area contributed by atoms with Gasteiger partial charge < -0.3 is 9.80 Å². The summed E-state index contributed by atoms with van der Waals surface area (Å²) in [6, 6.07) is 10.3. The zero-order valence-electron chi connectivity index (χ0n) is 19.6. The average molecular weight is 481 g/mol. The number of carbonyl (C=O) groups is 2. The molecule has 1 aromatic carbocycles. The third kappa shape index (κ3) is 4.83. The first-order chi connectivity index (χ1) is 16.4. The maximum Gasteiger partial charge on any atom is 0.242 e. The molecule has 4 nitrogen and oxygen atoms in total. The van der Waals surface area contributed by atoms with Crippen LogP contribution in [0.3, 0.4) is 0 Å². The van der Waals surface area contributed by atoms with Gasteiger partial charge >= 0.3 is 0 Å². The largest absolute Gasteiger partial charge is 0.332 e. The van der Waals surface area contributed by atoms with E-state index in [4.69, 9.17) is 0 Å². The second-order valence-electron chi connectivity index (χ2n) is 10.6.